The van der Waals surface area contributed by atoms with Gasteiger partial charge in [0, 0.05) is 12.1 Å². The van der Waals surface area contributed by atoms with E-state index in [1.54, 1.807) is 6.92 Å². The molecular weight excluding hydrogens is 254 g/mol. The predicted octanol–water partition coefficient (Wildman–Crippen LogP) is 1.96. The van der Waals surface area contributed by atoms with Crippen LogP contribution in [0.5, 0.6) is 0 Å². The fraction of sp³-hybridized carbons (Fsp3) is 0.467. The number of carbonyl (C=O) groups excluding carboxylic acids is 2. The molecule has 0 radical (unpaired) electrons. The van der Waals surface area contributed by atoms with Crippen molar-refractivity contribution < 1.29 is 9.59 Å². The van der Waals surface area contributed by atoms with Crippen molar-refractivity contribution in [1.29, 1.82) is 0 Å². The molecule has 0 aromatic heterocycles. The maximum atomic E-state index is 11.9. The first kappa shape index (κ1) is 16.2. The van der Waals surface area contributed by atoms with Gasteiger partial charge in [0.05, 0.1) is 6.04 Å². The number of hydrogen-bond acceptors (Lipinski definition) is 3. The zero-order chi connectivity index (χ0) is 15.1. The van der Waals surface area contributed by atoms with Gasteiger partial charge in [-0.2, -0.15) is 0 Å². The van der Waals surface area contributed by atoms with Crippen LogP contribution >= 0.6 is 0 Å². The summed E-state index contributed by atoms with van der Waals surface area (Å²) >= 11 is 0. The monoisotopic (exact) mass is 277 g/mol. The van der Waals surface area contributed by atoms with Crippen molar-refractivity contribution in [1.82, 2.24) is 16.0 Å². The molecule has 1 aromatic rings. The Bertz CT molecular complexity index is 446. The Hall–Kier alpha value is -1.88. The lowest BCUT2D eigenvalue weighted by molar-refractivity contribution is -0.121. The molecule has 5 nitrogen and oxygen atoms in total. The molecule has 0 saturated carbocycles. The molecule has 3 amide bonds. The van der Waals surface area contributed by atoms with Gasteiger partial charge in [0.15, 0.2) is 0 Å². The molecule has 0 unspecified atom stereocenters. The van der Waals surface area contributed by atoms with E-state index >= 15 is 0 Å². The molecule has 5 heteroatoms. The number of imide groups is 1. The number of amides is 3. The highest BCUT2D eigenvalue weighted by molar-refractivity contribution is 5.96. The van der Waals surface area contributed by atoms with E-state index in [2.05, 4.69) is 16.0 Å². The molecule has 1 aromatic carbocycles. The Kier molecular flexibility index (Phi) is 6.18. The van der Waals surface area contributed by atoms with Crippen LogP contribution in [0.3, 0.4) is 0 Å². The largest absolute Gasteiger partial charge is 0.336 e. The van der Waals surface area contributed by atoms with Crippen molar-refractivity contribution in [3.05, 3.63) is 35.9 Å². The highest BCUT2D eigenvalue weighted by Crippen LogP contribution is 2.11. The molecule has 110 valence electrons. The SMILES string of the molecule is CC(C)NC(=O)NC(=O)[C@H](C)N[C@H](C)c1ccccc1. The fourth-order valence-electron chi connectivity index (χ4n) is 1.81. The topological polar surface area (TPSA) is 70.2 Å². The third-order valence-electron chi connectivity index (χ3n) is 2.85. The van der Waals surface area contributed by atoms with Crippen LogP contribution in [0.25, 0.3) is 0 Å². The predicted molar refractivity (Wildman–Crippen MR) is 79.3 cm³/mol. The Morgan fingerprint density at radius 1 is 1.00 bits per heavy atom. The molecule has 0 aliphatic carbocycles. The Balaban J connectivity index is 2.47. The summed E-state index contributed by atoms with van der Waals surface area (Å²) in [5, 5.41) is 8.09. The van der Waals surface area contributed by atoms with E-state index in [-0.39, 0.29) is 18.0 Å². The van der Waals surface area contributed by atoms with Crippen molar-refractivity contribution in [2.45, 2.75) is 45.8 Å². The molecule has 3 N–H and O–H groups in total. The molecule has 0 aliphatic heterocycles. The van der Waals surface area contributed by atoms with E-state index in [4.69, 9.17) is 0 Å². The Morgan fingerprint density at radius 3 is 2.15 bits per heavy atom. The lowest BCUT2D eigenvalue weighted by atomic mass is 10.1. The highest BCUT2D eigenvalue weighted by atomic mass is 16.2. The number of carbonyl (C=O) groups is 2. The van der Waals surface area contributed by atoms with Gasteiger partial charge >= 0.3 is 6.03 Å². The van der Waals surface area contributed by atoms with Crippen LogP contribution in [0, 0.1) is 0 Å². The molecule has 0 spiro atoms. The van der Waals surface area contributed by atoms with Crippen LogP contribution in [-0.2, 0) is 4.79 Å². The number of hydrogen-bond donors (Lipinski definition) is 3. The molecule has 2 atom stereocenters. The molecule has 0 bridgehead atoms. The van der Waals surface area contributed by atoms with E-state index < -0.39 is 12.1 Å². The maximum absolute atomic E-state index is 11.9. The van der Waals surface area contributed by atoms with Crippen molar-refractivity contribution in [3.63, 3.8) is 0 Å². The van der Waals surface area contributed by atoms with Gasteiger partial charge in [-0.3, -0.25) is 15.4 Å². The van der Waals surface area contributed by atoms with Gasteiger partial charge in [0.1, 0.15) is 0 Å². The first-order chi connectivity index (χ1) is 9.40. The summed E-state index contributed by atoms with van der Waals surface area (Å²) in [5.41, 5.74) is 1.10. The minimum atomic E-state index is -0.467. The molecule has 1 rings (SSSR count). The summed E-state index contributed by atoms with van der Waals surface area (Å²) in [7, 11) is 0. The van der Waals surface area contributed by atoms with Gasteiger partial charge in [-0.1, -0.05) is 30.3 Å². The van der Waals surface area contributed by atoms with E-state index in [1.807, 2.05) is 51.1 Å². The van der Waals surface area contributed by atoms with Crippen LogP contribution in [0.15, 0.2) is 30.3 Å². The van der Waals surface area contributed by atoms with Crippen molar-refractivity contribution in [2.24, 2.45) is 0 Å². The van der Waals surface area contributed by atoms with Gasteiger partial charge in [-0.25, -0.2) is 4.79 Å². The second-order valence-corrected chi connectivity index (χ2v) is 5.14. The second-order valence-electron chi connectivity index (χ2n) is 5.14. The normalized spacial score (nSPS) is 13.7. The van der Waals surface area contributed by atoms with Crippen LogP contribution in [0.4, 0.5) is 4.79 Å². The summed E-state index contributed by atoms with van der Waals surface area (Å²) in [4.78, 5) is 23.3. The fourth-order valence-corrected chi connectivity index (χ4v) is 1.81. The summed E-state index contributed by atoms with van der Waals surface area (Å²) in [6.07, 6.45) is 0. The summed E-state index contributed by atoms with van der Waals surface area (Å²) in [6.45, 7) is 7.39. The zero-order valence-corrected chi connectivity index (χ0v) is 12.4. The molecule has 0 aliphatic rings. The smallest absolute Gasteiger partial charge is 0.321 e. The molecule has 0 saturated heterocycles. The number of nitrogens with one attached hydrogen (secondary N) is 3. The average molecular weight is 277 g/mol. The lowest BCUT2D eigenvalue weighted by Crippen LogP contribution is -2.49. The van der Waals surface area contributed by atoms with Crippen LogP contribution in [0.1, 0.15) is 39.3 Å². The Labute approximate surface area is 120 Å². The first-order valence-corrected chi connectivity index (χ1v) is 6.82. The van der Waals surface area contributed by atoms with E-state index in [0.717, 1.165) is 5.56 Å². The Morgan fingerprint density at radius 2 is 1.60 bits per heavy atom. The zero-order valence-electron chi connectivity index (χ0n) is 12.4. The number of benzene rings is 1. The molecule has 20 heavy (non-hydrogen) atoms. The third kappa shape index (κ3) is 5.40. The van der Waals surface area contributed by atoms with Crippen molar-refractivity contribution in [2.75, 3.05) is 0 Å². The lowest BCUT2D eigenvalue weighted by Gasteiger charge is -2.20. The van der Waals surface area contributed by atoms with Gasteiger partial charge in [-0.05, 0) is 33.3 Å². The van der Waals surface area contributed by atoms with Crippen molar-refractivity contribution in [3.8, 4) is 0 Å². The maximum Gasteiger partial charge on any atom is 0.321 e. The molecular formula is C15H23N3O2. The number of urea groups is 1. The van der Waals surface area contributed by atoms with E-state index in [1.165, 1.54) is 0 Å². The van der Waals surface area contributed by atoms with Gasteiger partial charge in [0.25, 0.3) is 0 Å². The summed E-state index contributed by atoms with van der Waals surface area (Å²) in [5.74, 6) is -0.342. The van der Waals surface area contributed by atoms with Gasteiger partial charge in [0.2, 0.25) is 5.91 Å². The van der Waals surface area contributed by atoms with Gasteiger partial charge in [-0.15, -0.1) is 0 Å². The van der Waals surface area contributed by atoms with Crippen LogP contribution in [0.2, 0.25) is 0 Å². The number of rotatable bonds is 5. The minimum absolute atomic E-state index is 0.00527. The van der Waals surface area contributed by atoms with Crippen LogP contribution < -0.4 is 16.0 Å². The summed E-state index contributed by atoms with van der Waals surface area (Å²) < 4.78 is 0. The van der Waals surface area contributed by atoms with Crippen molar-refractivity contribution >= 4 is 11.9 Å². The van der Waals surface area contributed by atoms with Crippen LogP contribution in [-0.4, -0.2) is 24.0 Å². The standard InChI is InChI=1S/C15H23N3O2/c1-10(2)16-15(20)18-14(19)12(4)17-11(3)13-8-6-5-7-9-13/h5-12,17H,1-4H3,(H2,16,18,19,20)/t11-,12+/m1/s1. The third-order valence-corrected chi connectivity index (χ3v) is 2.85. The molecule has 0 heterocycles. The minimum Gasteiger partial charge on any atom is -0.336 e. The van der Waals surface area contributed by atoms with E-state index in [9.17, 15) is 9.59 Å². The molecule has 0 fully saturated rings. The van der Waals surface area contributed by atoms with Gasteiger partial charge < -0.3 is 5.32 Å². The quantitative estimate of drug-likeness (QED) is 0.770. The second kappa shape index (κ2) is 7.65. The summed E-state index contributed by atoms with van der Waals surface area (Å²) in [6, 6.07) is 8.95. The highest BCUT2D eigenvalue weighted by Gasteiger charge is 2.18. The van der Waals surface area contributed by atoms with E-state index in [0.29, 0.717) is 0 Å². The average Bonchev–Trinajstić information content (AvgIpc) is 2.38. The first-order valence-electron chi connectivity index (χ1n) is 6.82.